The number of carbonyl (C=O) groups is 1. The van der Waals surface area contributed by atoms with Crippen molar-refractivity contribution in [1.29, 1.82) is 0 Å². The van der Waals surface area contributed by atoms with Gasteiger partial charge in [-0.15, -0.1) is 0 Å². The summed E-state index contributed by atoms with van der Waals surface area (Å²) in [5.74, 6) is 0.963. The second-order valence-electron chi connectivity index (χ2n) is 7.17. The highest BCUT2D eigenvalue weighted by molar-refractivity contribution is 7.89. The predicted octanol–water partition coefficient (Wildman–Crippen LogP) is 1.57. The van der Waals surface area contributed by atoms with Crippen molar-refractivity contribution in [3.63, 3.8) is 0 Å². The number of amides is 1. The SMILES string of the molecule is C[C@H]1c2nc(C(=O)NCC3CCC3)cn2CCN1S(=O)(=O)c1cccnc1. The van der Waals surface area contributed by atoms with E-state index in [1.54, 1.807) is 25.4 Å². The average molecular weight is 389 g/mol. The van der Waals surface area contributed by atoms with E-state index in [0.29, 0.717) is 37.1 Å². The molecule has 1 aliphatic heterocycles. The lowest BCUT2D eigenvalue weighted by molar-refractivity contribution is 0.0934. The number of rotatable bonds is 5. The molecule has 2 aromatic rings. The smallest absolute Gasteiger partial charge is 0.271 e. The zero-order chi connectivity index (χ0) is 19.0. The van der Waals surface area contributed by atoms with Crippen LogP contribution in [0.3, 0.4) is 0 Å². The maximum absolute atomic E-state index is 12.9. The Morgan fingerprint density at radius 3 is 2.81 bits per heavy atom. The lowest BCUT2D eigenvalue weighted by Crippen LogP contribution is -2.41. The number of aromatic nitrogens is 3. The maximum atomic E-state index is 12.9. The van der Waals surface area contributed by atoms with Crippen molar-refractivity contribution >= 4 is 15.9 Å². The number of nitrogens with zero attached hydrogens (tertiary/aromatic N) is 4. The van der Waals surface area contributed by atoms with Gasteiger partial charge in [-0.1, -0.05) is 6.42 Å². The van der Waals surface area contributed by atoms with E-state index in [0.717, 1.165) is 12.8 Å². The van der Waals surface area contributed by atoms with Crippen LogP contribution in [-0.2, 0) is 16.6 Å². The van der Waals surface area contributed by atoms with Crippen molar-refractivity contribution in [3.8, 4) is 0 Å². The van der Waals surface area contributed by atoms with E-state index < -0.39 is 16.1 Å². The van der Waals surface area contributed by atoms with Crippen LogP contribution >= 0.6 is 0 Å². The van der Waals surface area contributed by atoms with Gasteiger partial charge in [-0.05, 0) is 37.8 Å². The van der Waals surface area contributed by atoms with E-state index in [1.165, 1.54) is 23.0 Å². The summed E-state index contributed by atoms with van der Waals surface area (Å²) in [7, 11) is -3.67. The number of hydrogen-bond donors (Lipinski definition) is 1. The van der Waals surface area contributed by atoms with E-state index in [1.807, 2.05) is 4.57 Å². The number of nitrogens with one attached hydrogen (secondary N) is 1. The number of fused-ring (bicyclic) bond motifs is 1. The molecule has 0 aromatic carbocycles. The van der Waals surface area contributed by atoms with E-state index in [4.69, 9.17) is 0 Å². The van der Waals surface area contributed by atoms with E-state index >= 15 is 0 Å². The highest BCUT2D eigenvalue weighted by Gasteiger charge is 2.36. The molecule has 1 aliphatic carbocycles. The van der Waals surface area contributed by atoms with Crippen molar-refractivity contribution in [3.05, 3.63) is 42.2 Å². The highest BCUT2D eigenvalue weighted by Crippen LogP contribution is 2.30. The molecule has 0 saturated heterocycles. The first-order valence-electron chi connectivity index (χ1n) is 9.24. The van der Waals surface area contributed by atoms with Gasteiger partial charge in [-0.2, -0.15) is 4.31 Å². The Bertz CT molecular complexity index is 937. The van der Waals surface area contributed by atoms with Gasteiger partial charge in [0.05, 0.1) is 6.04 Å². The third kappa shape index (κ3) is 3.37. The Hall–Kier alpha value is -2.26. The van der Waals surface area contributed by atoms with Gasteiger partial charge in [0, 0.05) is 38.2 Å². The standard InChI is InChI=1S/C18H23N5O3S/c1-13-17-21-16(18(24)20-10-14-4-2-5-14)12-22(17)8-9-23(13)27(25,26)15-6-3-7-19-11-15/h3,6-7,11-14H,2,4-5,8-10H2,1H3,(H,20,24)/t13-/m0/s1. The first-order valence-corrected chi connectivity index (χ1v) is 10.7. The highest BCUT2D eigenvalue weighted by atomic mass is 32.2. The quantitative estimate of drug-likeness (QED) is 0.837. The van der Waals surface area contributed by atoms with Crippen LogP contribution in [0.4, 0.5) is 0 Å². The number of imidazole rings is 1. The van der Waals surface area contributed by atoms with Crippen LogP contribution in [0.2, 0.25) is 0 Å². The molecule has 2 aliphatic rings. The van der Waals surface area contributed by atoms with Gasteiger partial charge in [0.2, 0.25) is 10.0 Å². The molecular formula is C18H23N5O3S. The van der Waals surface area contributed by atoms with Crippen LogP contribution in [0, 0.1) is 5.92 Å². The minimum atomic E-state index is -3.67. The monoisotopic (exact) mass is 389 g/mol. The summed E-state index contributed by atoms with van der Waals surface area (Å²) in [5.41, 5.74) is 0.344. The summed E-state index contributed by atoms with van der Waals surface area (Å²) < 4.78 is 29.2. The van der Waals surface area contributed by atoms with Gasteiger partial charge in [0.1, 0.15) is 16.4 Å². The third-order valence-electron chi connectivity index (χ3n) is 5.42. The normalized spacial score (nSPS) is 20.7. The number of sulfonamides is 1. The molecule has 1 amide bonds. The summed E-state index contributed by atoms with van der Waals surface area (Å²) in [6.45, 7) is 3.26. The minimum absolute atomic E-state index is 0.162. The molecule has 1 fully saturated rings. The molecule has 0 bridgehead atoms. The van der Waals surface area contributed by atoms with Gasteiger partial charge in [-0.3, -0.25) is 9.78 Å². The van der Waals surface area contributed by atoms with Crippen LogP contribution in [-0.4, -0.2) is 46.3 Å². The zero-order valence-electron chi connectivity index (χ0n) is 15.2. The molecule has 27 heavy (non-hydrogen) atoms. The number of hydrogen-bond acceptors (Lipinski definition) is 5. The van der Waals surface area contributed by atoms with Crippen molar-refractivity contribution in [2.45, 2.75) is 43.7 Å². The molecule has 0 radical (unpaired) electrons. The minimum Gasteiger partial charge on any atom is -0.350 e. The Morgan fingerprint density at radius 1 is 1.33 bits per heavy atom. The average Bonchev–Trinajstić information content (AvgIpc) is 3.06. The van der Waals surface area contributed by atoms with Crippen molar-refractivity contribution < 1.29 is 13.2 Å². The molecule has 144 valence electrons. The summed E-state index contributed by atoms with van der Waals surface area (Å²) in [6.07, 6.45) is 8.17. The molecule has 1 atom stereocenters. The summed E-state index contributed by atoms with van der Waals surface area (Å²) in [4.78, 5) is 20.9. The molecule has 8 nitrogen and oxygen atoms in total. The Balaban J connectivity index is 1.53. The molecule has 1 N–H and O–H groups in total. The third-order valence-corrected chi connectivity index (χ3v) is 7.38. The lowest BCUT2D eigenvalue weighted by Gasteiger charge is -2.32. The Morgan fingerprint density at radius 2 is 2.15 bits per heavy atom. The maximum Gasteiger partial charge on any atom is 0.271 e. The fourth-order valence-corrected chi connectivity index (χ4v) is 5.12. The van der Waals surface area contributed by atoms with Crippen LogP contribution in [0.25, 0.3) is 0 Å². The van der Waals surface area contributed by atoms with Crippen LogP contribution in [0.5, 0.6) is 0 Å². The van der Waals surface area contributed by atoms with Gasteiger partial charge >= 0.3 is 0 Å². The topological polar surface area (TPSA) is 97.2 Å². The van der Waals surface area contributed by atoms with Gasteiger partial charge < -0.3 is 9.88 Å². The summed E-state index contributed by atoms with van der Waals surface area (Å²) >= 11 is 0. The molecule has 2 aromatic heterocycles. The van der Waals surface area contributed by atoms with Crippen molar-refractivity contribution in [2.24, 2.45) is 5.92 Å². The van der Waals surface area contributed by atoms with E-state index in [-0.39, 0.29) is 10.8 Å². The Labute approximate surface area is 158 Å². The largest absolute Gasteiger partial charge is 0.350 e. The fraction of sp³-hybridized carbons (Fsp3) is 0.500. The van der Waals surface area contributed by atoms with Gasteiger partial charge in [0.25, 0.3) is 5.91 Å². The van der Waals surface area contributed by atoms with Crippen LogP contribution in [0.1, 0.15) is 48.5 Å². The second-order valence-corrected chi connectivity index (χ2v) is 9.06. The van der Waals surface area contributed by atoms with Gasteiger partial charge in [0.15, 0.2) is 0 Å². The van der Waals surface area contributed by atoms with Crippen LogP contribution in [0.15, 0.2) is 35.6 Å². The number of pyridine rings is 1. The van der Waals surface area contributed by atoms with Gasteiger partial charge in [-0.25, -0.2) is 13.4 Å². The second kappa shape index (κ2) is 7.05. The van der Waals surface area contributed by atoms with E-state index in [2.05, 4.69) is 15.3 Å². The van der Waals surface area contributed by atoms with E-state index in [9.17, 15) is 13.2 Å². The Kier molecular flexibility index (Phi) is 4.73. The molecule has 3 heterocycles. The molecule has 1 saturated carbocycles. The molecule has 9 heteroatoms. The lowest BCUT2D eigenvalue weighted by atomic mass is 9.85. The molecular weight excluding hydrogens is 366 g/mol. The van der Waals surface area contributed by atoms with Crippen LogP contribution < -0.4 is 5.32 Å². The number of carbonyl (C=O) groups excluding carboxylic acids is 1. The molecule has 0 unspecified atom stereocenters. The summed E-state index contributed by atoms with van der Waals surface area (Å²) in [5, 5.41) is 2.94. The molecule has 0 spiro atoms. The first-order chi connectivity index (χ1) is 13.0. The first kappa shape index (κ1) is 18.1. The molecule has 4 rings (SSSR count). The fourth-order valence-electron chi connectivity index (χ4n) is 3.57. The summed E-state index contributed by atoms with van der Waals surface area (Å²) in [6, 6.07) is 2.68. The zero-order valence-corrected chi connectivity index (χ0v) is 16.0. The van der Waals surface area contributed by atoms with Crippen molar-refractivity contribution in [1.82, 2.24) is 24.2 Å². The van der Waals surface area contributed by atoms with Crippen molar-refractivity contribution in [2.75, 3.05) is 13.1 Å². The predicted molar refractivity (Wildman–Crippen MR) is 98.4 cm³/mol.